The predicted molar refractivity (Wildman–Crippen MR) is 154 cm³/mol. The van der Waals surface area contributed by atoms with Crippen molar-refractivity contribution in [3.63, 3.8) is 0 Å². The van der Waals surface area contributed by atoms with Crippen LogP contribution in [0.5, 0.6) is 5.75 Å². The van der Waals surface area contributed by atoms with E-state index in [0.29, 0.717) is 24.9 Å². The molecular formula is C30H35B2NO7. The van der Waals surface area contributed by atoms with Crippen molar-refractivity contribution < 1.29 is 34.4 Å². The number of aromatic hydroxyl groups is 1. The van der Waals surface area contributed by atoms with E-state index in [1.165, 1.54) is 17.0 Å². The van der Waals surface area contributed by atoms with Gasteiger partial charge in [0.25, 0.3) is 0 Å². The van der Waals surface area contributed by atoms with Crippen LogP contribution < -0.4 is 10.4 Å². The van der Waals surface area contributed by atoms with Gasteiger partial charge < -0.3 is 24.8 Å². The number of benzene rings is 2. The molecule has 8 nitrogen and oxygen atoms in total. The Labute approximate surface area is 235 Å². The highest BCUT2D eigenvalue weighted by Gasteiger charge is 2.57. The number of amides is 2. The first-order valence-corrected chi connectivity index (χ1v) is 14.0. The van der Waals surface area contributed by atoms with Gasteiger partial charge in [0.05, 0.1) is 23.6 Å². The van der Waals surface area contributed by atoms with Crippen LogP contribution in [-0.2, 0) is 14.2 Å². The van der Waals surface area contributed by atoms with Crippen molar-refractivity contribution in [3.05, 3.63) is 70.8 Å². The lowest BCUT2D eigenvalue weighted by molar-refractivity contribution is -0.122. The predicted octanol–water partition coefficient (Wildman–Crippen LogP) is 3.06. The normalized spacial score (nSPS) is 24.9. The number of nitrogens with zero attached hydrogens (tertiary/aromatic N) is 1. The van der Waals surface area contributed by atoms with Crippen LogP contribution in [0.1, 0.15) is 51.5 Å². The first-order chi connectivity index (χ1) is 19.2. The number of carbonyl (C=O) groups is 2. The number of hydrogen-bond acceptors (Lipinski definition) is 7. The summed E-state index contributed by atoms with van der Waals surface area (Å²) < 4.78 is 6.08. The van der Waals surface area contributed by atoms with Gasteiger partial charge in [-0.3, -0.25) is 14.5 Å². The summed E-state index contributed by atoms with van der Waals surface area (Å²) in [5.41, 5.74) is 4.73. The van der Waals surface area contributed by atoms with Gasteiger partial charge in [-0.1, -0.05) is 54.8 Å². The molecule has 3 aliphatic rings. The molecule has 4 N–H and O–H groups in total. The Kier molecular flexibility index (Phi) is 8.33. The standard InChI is InChI=1S/C30H35B2NO7/c1-3-6-20-15-24-28(30(36)33(29(24)35)22-9-5-8-21(16-22)32(38)39)25-17-31(37)40-26(27(20)25)12-11-18(2)13-19-7-4-10-23(34)14-19/h4-5,7-10,13-14,16,24-26,28,34,37-39H,3,6,11-12,15,17H2,1-2H3/b18-13+/t24-,25+,26-,28-/m1/s1. The zero-order valence-electron chi connectivity index (χ0n) is 22.9. The fraction of sp³-hybridized carbons (Fsp3) is 0.400. The summed E-state index contributed by atoms with van der Waals surface area (Å²) in [6.07, 6.45) is 5.37. The molecule has 0 spiro atoms. The fourth-order valence-corrected chi connectivity index (χ4v) is 6.71. The van der Waals surface area contributed by atoms with Crippen molar-refractivity contribution in [2.24, 2.45) is 17.8 Å². The molecule has 40 heavy (non-hydrogen) atoms. The van der Waals surface area contributed by atoms with Crippen molar-refractivity contribution in [2.45, 2.75) is 58.4 Å². The Morgan fingerprint density at radius 2 is 1.90 bits per heavy atom. The Balaban J connectivity index is 1.43. The van der Waals surface area contributed by atoms with Crippen molar-refractivity contribution in [1.82, 2.24) is 0 Å². The van der Waals surface area contributed by atoms with Crippen molar-refractivity contribution >= 4 is 43.3 Å². The zero-order chi connectivity index (χ0) is 28.6. The summed E-state index contributed by atoms with van der Waals surface area (Å²) in [4.78, 5) is 28.7. The van der Waals surface area contributed by atoms with Gasteiger partial charge in [-0.05, 0) is 85.7 Å². The lowest BCUT2D eigenvalue weighted by Crippen LogP contribution is -2.46. The highest BCUT2D eigenvalue weighted by molar-refractivity contribution is 6.58. The molecule has 2 aromatic rings. The number of fused-ring (bicyclic) bond motifs is 3. The first-order valence-electron chi connectivity index (χ1n) is 14.0. The van der Waals surface area contributed by atoms with Gasteiger partial charge >= 0.3 is 14.2 Å². The molecular weight excluding hydrogens is 508 g/mol. The fourth-order valence-electron chi connectivity index (χ4n) is 6.71. The maximum absolute atomic E-state index is 13.9. The molecule has 2 heterocycles. The molecule has 0 bridgehead atoms. The van der Waals surface area contributed by atoms with E-state index < -0.39 is 26.1 Å². The summed E-state index contributed by atoms with van der Waals surface area (Å²) in [6.45, 7) is 4.11. The van der Waals surface area contributed by atoms with Gasteiger partial charge in [0.2, 0.25) is 11.8 Å². The number of anilines is 1. The van der Waals surface area contributed by atoms with Crippen LogP contribution in [-0.4, -0.2) is 52.3 Å². The van der Waals surface area contributed by atoms with Crippen molar-refractivity contribution in [1.29, 1.82) is 0 Å². The Morgan fingerprint density at radius 3 is 2.62 bits per heavy atom. The van der Waals surface area contributed by atoms with E-state index in [4.69, 9.17) is 4.65 Å². The van der Waals surface area contributed by atoms with Crippen LogP contribution in [0, 0.1) is 17.8 Å². The molecule has 2 saturated heterocycles. The number of carbonyl (C=O) groups excluding carboxylic acids is 2. The van der Waals surface area contributed by atoms with Gasteiger partial charge in [-0.2, -0.15) is 0 Å². The van der Waals surface area contributed by atoms with E-state index in [0.717, 1.165) is 35.1 Å². The maximum atomic E-state index is 13.9. The lowest BCUT2D eigenvalue weighted by atomic mass is 9.58. The zero-order valence-corrected chi connectivity index (χ0v) is 22.9. The van der Waals surface area contributed by atoms with Crippen molar-refractivity contribution in [2.75, 3.05) is 4.90 Å². The third-order valence-electron chi connectivity index (χ3n) is 8.37. The topological polar surface area (TPSA) is 128 Å². The Morgan fingerprint density at radius 1 is 1.12 bits per heavy atom. The number of imide groups is 1. The monoisotopic (exact) mass is 543 g/mol. The van der Waals surface area contributed by atoms with Crippen LogP contribution in [0.15, 0.2) is 65.3 Å². The van der Waals surface area contributed by atoms with E-state index in [1.54, 1.807) is 30.3 Å². The van der Waals surface area contributed by atoms with Crippen LogP contribution in [0.2, 0.25) is 6.32 Å². The van der Waals surface area contributed by atoms with Gasteiger partial charge in [0.15, 0.2) is 0 Å². The molecule has 10 heteroatoms. The number of rotatable bonds is 8. The minimum absolute atomic E-state index is 0.203. The Hall–Kier alpha value is -3.17. The molecule has 208 valence electrons. The second kappa shape index (κ2) is 11.7. The lowest BCUT2D eigenvalue weighted by Gasteiger charge is -2.43. The third-order valence-corrected chi connectivity index (χ3v) is 8.37. The van der Waals surface area contributed by atoms with E-state index in [9.17, 15) is 29.8 Å². The van der Waals surface area contributed by atoms with Gasteiger partial charge in [0, 0.05) is 0 Å². The minimum atomic E-state index is -1.71. The van der Waals surface area contributed by atoms with Crippen LogP contribution >= 0.6 is 0 Å². The van der Waals surface area contributed by atoms with Crippen molar-refractivity contribution in [3.8, 4) is 5.75 Å². The smallest absolute Gasteiger partial charge is 0.488 e. The molecule has 0 radical (unpaired) electrons. The van der Waals surface area contributed by atoms with Crippen LogP contribution in [0.4, 0.5) is 5.69 Å². The highest BCUT2D eigenvalue weighted by atomic mass is 16.5. The quantitative estimate of drug-likeness (QED) is 0.229. The SMILES string of the molecule is CCCC1=C2[C@@H](CC/C(C)=C/c3cccc(O)c3)OB(O)C[C@@H]2[C@@H]2C(=O)N(c3cccc(B(O)O)c3)C(=O)[C@@H]2C1. The minimum Gasteiger partial charge on any atom is -0.508 e. The first kappa shape index (κ1) is 28.4. The average Bonchev–Trinajstić information content (AvgIpc) is 3.16. The molecule has 2 aromatic carbocycles. The summed E-state index contributed by atoms with van der Waals surface area (Å²) in [5.74, 6) is -1.82. The van der Waals surface area contributed by atoms with Gasteiger partial charge in [-0.15, -0.1) is 0 Å². The number of hydrogen-bond donors (Lipinski definition) is 4. The van der Waals surface area contributed by atoms with Gasteiger partial charge in [-0.25, -0.2) is 0 Å². The summed E-state index contributed by atoms with van der Waals surface area (Å²) in [5, 5.41) is 39.8. The summed E-state index contributed by atoms with van der Waals surface area (Å²) in [6, 6.07) is 13.3. The van der Waals surface area contributed by atoms with E-state index in [1.807, 2.05) is 19.1 Å². The molecule has 1 aliphatic carbocycles. The molecule has 0 aromatic heterocycles. The molecule has 2 fully saturated rings. The molecule has 4 atom stereocenters. The number of phenolic OH excluding ortho intramolecular Hbond substituents is 1. The summed E-state index contributed by atoms with van der Waals surface area (Å²) >= 11 is 0. The van der Waals surface area contributed by atoms with E-state index in [2.05, 4.69) is 6.92 Å². The molecule has 2 aliphatic heterocycles. The largest absolute Gasteiger partial charge is 0.508 e. The van der Waals surface area contributed by atoms with E-state index >= 15 is 0 Å². The third kappa shape index (κ3) is 5.54. The molecule has 2 amide bonds. The van der Waals surface area contributed by atoms with Crippen LogP contribution in [0.25, 0.3) is 6.08 Å². The Bertz CT molecular complexity index is 1360. The number of allylic oxidation sites excluding steroid dienone is 2. The average molecular weight is 543 g/mol. The number of phenols is 1. The maximum Gasteiger partial charge on any atom is 0.488 e. The molecule has 0 unspecified atom stereocenters. The molecule has 5 rings (SSSR count). The molecule has 0 saturated carbocycles. The second-order valence-electron chi connectivity index (χ2n) is 11.2. The summed E-state index contributed by atoms with van der Waals surface area (Å²) in [7, 11) is -2.75. The van der Waals surface area contributed by atoms with Gasteiger partial charge in [0.1, 0.15) is 5.75 Å². The second-order valence-corrected chi connectivity index (χ2v) is 11.2. The van der Waals surface area contributed by atoms with Crippen LogP contribution in [0.3, 0.4) is 0 Å². The van der Waals surface area contributed by atoms with E-state index in [-0.39, 0.29) is 41.4 Å². The highest BCUT2D eigenvalue weighted by Crippen LogP contribution is 2.52.